The quantitative estimate of drug-likeness (QED) is 0.680. The summed E-state index contributed by atoms with van der Waals surface area (Å²) in [5.41, 5.74) is 4.34. The summed E-state index contributed by atoms with van der Waals surface area (Å²) in [5.74, 6) is 0.443. The number of carbonyl (C=O) groups excluding carboxylic acids is 2. The second-order valence-corrected chi connectivity index (χ2v) is 7.52. The van der Waals surface area contributed by atoms with Gasteiger partial charge in [0, 0.05) is 24.2 Å². The van der Waals surface area contributed by atoms with Crippen LogP contribution in [0, 0.1) is 0 Å². The molecule has 2 aromatic heterocycles. The third-order valence-electron chi connectivity index (χ3n) is 5.54. The Morgan fingerprint density at radius 2 is 1.87 bits per heavy atom. The van der Waals surface area contributed by atoms with Crippen LogP contribution >= 0.6 is 0 Å². The van der Waals surface area contributed by atoms with Crippen molar-refractivity contribution in [1.29, 1.82) is 0 Å². The largest absolute Gasteiger partial charge is 0.331 e. The number of nitrogens with one attached hydrogen (secondary N) is 1. The first-order chi connectivity index (χ1) is 14.5. The summed E-state index contributed by atoms with van der Waals surface area (Å²) in [6, 6.07) is 7.02. The van der Waals surface area contributed by atoms with Gasteiger partial charge in [0.05, 0.1) is 23.3 Å². The Bertz CT molecular complexity index is 1050. The Kier molecular flexibility index (Phi) is 5.48. The maximum absolute atomic E-state index is 12.5. The van der Waals surface area contributed by atoms with Crippen LogP contribution in [0.15, 0.2) is 30.5 Å². The summed E-state index contributed by atoms with van der Waals surface area (Å²) in [6.07, 6.45) is 4.86. The molecule has 3 heterocycles. The number of aromatic nitrogens is 4. The monoisotopic (exact) mass is 406 g/mol. The number of aryl methyl sites for hydroxylation is 2. The van der Waals surface area contributed by atoms with E-state index in [1.165, 1.54) is 0 Å². The molecule has 3 aromatic rings. The van der Waals surface area contributed by atoms with E-state index in [2.05, 4.69) is 34.2 Å². The second-order valence-electron chi connectivity index (χ2n) is 7.52. The van der Waals surface area contributed by atoms with Crippen LogP contribution in [0.25, 0.3) is 17.0 Å². The van der Waals surface area contributed by atoms with Crippen LogP contribution in [0.4, 0.5) is 5.69 Å². The fourth-order valence-corrected chi connectivity index (χ4v) is 3.77. The van der Waals surface area contributed by atoms with E-state index in [1.54, 1.807) is 16.3 Å². The third kappa shape index (κ3) is 3.77. The van der Waals surface area contributed by atoms with Crippen molar-refractivity contribution in [2.24, 2.45) is 0 Å². The maximum atomic E-state index is 12.5. The number of anilines is 1. The van der Waals surface area contributed by atoms with Gasteiger partial charge in [-0.1, -0.05) is 26.0 Å². The minimum absolute atomic E-state index is 0.0412. The van der Waals surface area contributed by atoms with Gasteiger partial charge >= 0.3 is 0 Å². The highest BCUT2D eigenvalue weighted by Crippen LogP contribution is 2.22. The molecule has 1 atom stereocenters. The zero-order chi connectivity index (χ0) is 21.3. The van der Waals surface area contributed by atoms with Gasteiger partial charge in [0.15, 0.2) is 0 Å². The van der Waals surface area contributed by atoms with Crippen LogP contribution in [0.2, 0.25) is 0 Å². The van der Waals surface area contributed by atoms with Gasteiger partial charge in [-0.3, -0.25) is 9.59 Å². The molecule has 0 spiro atoms. The first-order valence-corrected chi connectivity index (χ1v) is 10.5. The Balaban J connectivity index is 1.50. The molecule has 2 amide bonds. The molecule has 156 valence electrons. The number of imidazole rings is 1. The molecule has 1 N–H and O–H groups in total. The van der Waals surface area contributed by atoms with Gasteiger partial charge < -0.3 is 10.2 Å². The number of hydrogen-bond donors (Lipinski definition) is 1. The van der Waals surface area contributed by atoms with Crippen LogP contribution in [0.1, 0.15) is 45.0 Å². The van der Waals surface area contributed by atoms with Crippen LogP contribution < -0.4 is 5.32 Å². The van der Waals surface area contributed by atoms with Crippen LogP contribution in [0.3, 0.4) is 0 Å². The molecule has 4 rings (SSSR count). The normalized spacial score (nSPS) is 15.0. The molecule has 0 unspecified atom stereocenters. The molecule has 8 nitrogen and oxygen atoms in total. The Labute approximate surface area is 175 Å². The van der Waals surface area contributed by atoms with Gasteiger partial charge in [-0.25, -0.2) is 14.5 Å². The molecular weight excluding hydrogens is 380 g/mol. The van der Waals surface area contributed by atoms with Crippen molar-refractivity contribution in [3.63, 3.8) is 0 Å². The summed E-state index contributed by atoms with van der Waals surface area (Å²) >= 11 is 0. The van der Waals surface area contributed by atoms with Gasteiger partial charge in [-0.05, 0) is 38.3 Å². The van der Waals surface area contributed by atoms with Gasteiger partial charge in [0.1, 0.15) is 6.04 Å². The Morgan fingerprint density at radius 3 is 2.50 bits per heavy atom. The molecule has 1 saturated heterocycles. The summed E-state index contributed by atoms with van der Waals surface area (Å²) in [4.78, 5) is 35.2. The van der Waals surface area contributed by atoms with Crippen molar-refractivity contribution in [2.45, 2.75) is 52.5 Å². The lowest BCUT2D eigenvalue weighted by Crippen LogP contribution is -2.42. The molecule has 30 heavy (non-hydrogen) atoms. The first-order valence-electron chi connectivity index (χ1n) is 10.5. The van der Waals surface area contributed by atoms with Gasteiger partial charge in [-0.15, -0.1) is 0 Å². The van der Waals surface area contributed by atoms with E-state index in [1.807, 2.05) is 30.5 Å². The highest BCUT2D eigenvalue weighted by Gasteiger charge is 2.29. The van der Waals surface area contributed by atoms with E-state index < -0.39 is 6.04 Å². The van der Waals surface area contributed by atoms with E-state index in [0.29, 0.717) is 24.4 Å². The Hall–Kier alpha value is -3.29. The van der Waals surface area contributed by atoms with Crippen molar-refractivity contribution >= 4 is 23.3 Å². The average Bonchev–Trinajstić information content (AvgIpc) is 3.38. The summed E-state index contributed by atoms with van der Waals surface area (Å²) in [7, 11) is 0. The fourth-order valence-electron chi connectivity index (χ4n) is 3.77. The standard InChI is InChI=1S/C22H26N6O2/c1-4-17-18(5-2)26-28-13-19(25-22(28)24-17)15-8-10-16(11-9-15)23-21(30)14(3)27-12-6-7-20(27)29/h8-11,13-14H,4-7,12H2,1-3H3,(H,23,30)/t14-/m0/s1. The molecule has 0 aliphatic carbocycles. The first kappa shape index (κ1) is 20.0. The fraction of sp³-hybridized carbons (Fsp3) is 0.409. The number of rotatable bonds is 6. The molecule has 1 aliphatic heterocycles. The topological polar surface area (TPSA) is 92.5 Å². The predicted molar refractivity (Wildman–Crippen MR) is 114 cm³/mol. The number of nitrogens with zero attached hydrogens (tertiary/aromatic N) is 5. The van der Waals surface area contributed by atoms with Crippen LogP contribution in [0.5, 0.6) is 0 Å². The van der Waals surface area contributed by atoms with Crippen molar-refractivity contribution in [3.05, 3.63) is 41.9 Å². The molecular formula is C22H26N6O2. The molecule has 8 heteroatoms. The van der Waals surface area contributed by atoms with E-state index in [-0.39, 0.29) is 11.8 Å². The number of likely N-dealkylation sites (tertiary alicyclic amines) is 1. The SMILES string of the molecule is CCc1nc2nc(-c3ccc(NC(=O)[C@H](C)N4CCCC4=O)cc3)cn2nc1CC. The van der Waals surface area contributed by atoms with E-state index in [9.17, 15) is 9.59 Å². The van der Waals surface area contributed by atoms with E-state index in [4.69, 9.17) is 0 Å². The molecule has 1 fully saturated rings. The summed E-state index contributed by atoms with van der Waals surface area (Å²) < 4.78 is 1.72. The smallest absolute Gasteiger partial charge is 0.251 e. The van der Waals surface area contributed by atoms with Crippen molar-refractivity contribution in [3.8, 4) is 11.3 Å². The highest BCUT2D eigenvalue weighted by molar-refractivity contribution is 5.97. The van der Waals surface area contributed by atoms with E-state index >= 15 is 0 Å². The lowest BCUT2D eigenvalue weighted by atomic mass is 10.1. The molecule has 0 saturated carbocycles. The van der Waals surface area contributed by atoms with Crippen molar-refractivity contribution < 1.29 is 9.59 Å². The van der Waals surface area contributed by atoms with E-state index in [0.717, 1.165) is 41.9 Å². The number of carbonyl (C=O) groups is 2. The average molecular weight is 406 g/mol. The molecule has 0 radical (unpaired) electrons. The minimum atomic E-state index is -0.476. The number of hydrogen-bond acceptors (Lipinski definition) is 5. The van der Waals surface area contributed by atoms with Crippen molar-refractivity contribution in [2.75, 3.05) is 11.9 Å². The molecule has 1 aromatic carbocycles. The maximum Gasteiger partial charge on any atom is 0.251 e. The number of amides is 2. The van der Waals surface area contributed by atoms with Crippen LogP contribution in [-0.2, 0) is 22.4 Å². The van der Waals surface area contributed by atoms with Gasteiger partial charge in [0.25, 0.3) is 5.78 Å². The minimum Gasteiger partial charge on any atom is -0.331 e. The van der Waals surface area contributed by atoms with Gasteiger partial charge in [0.2, 0.25) is 11.8 Å². The zero-order valence-corrected chi connectivity index (χ0v) is 17.6. The third-order valence-corrected chi connectivity index (χ3v) is 5.54. The summed E-state index contributed by atoms with van der Waals surface area (Å²) in [6.45, 7) is 6.54. The summed E-state index contributed by atoms with van der Waals surface area (Å²) in [5, 5.41) is 7.52. The molecule has 1 aliphatic rings. The number of benzene rings is 1. The zero-order valence-electron chi connectivity index (χ0n) is 17.6. The second kappa shape index (κ2) is 8.22. The molecule has 0 bridgehead atoms. The van der Waals surface area contributed by atoms with Gasteiger partial charge in [-0.2, -0.15) is 5.10 Å². The lowest BCUT2D eigenvalue weighted by molar-refractivity contribution is -0.134. The van der Waals surface area contributed by atoms with Crippen LogP contribution in [-0.4, -0.2) is 48.9 Å². The predicted octanol–water partition coefficient (Wildman–Crippen LogP) is 2.87. The number of fused-ring (bicyclic) bond motifs is 1. The van der Waals surface area contributed by atoms with Crippen molar-refractivity contribution in [1.82, 2.24) is 24.5 Å². The lowest BCUT2D eigenvalue weighted by Gasteiger charge is -2.23. The highest BCUT2D eigenvalue weighted by atomic mass is 16.2. The Morgan fingerprint density at radius 1 is 1.13 bits per heavy atom.